The van der Waals surface area contributed by atoms with Crippen LogP contribution in [-0.2, 0) is 32.2 Å². The van der Waals surface area contributed by atoms with Gasteiger partial charge in [-0.2, -0.15) is 0 Å². The topological polar surface area (TPSA) is 0 Å². The fourth-order valence-electron chi connectivity index (χ4n) is 0. The van der Waals surface area contributed by atoms with Crippen LogP contribution in [-0.4, -0.2) is 0 Å². The number of hydrogen-bond donors (Lipinski definition) is 0. The molecule has 0 saturated carbocycles. The Labute approximate surface area is 106 Å². The second kappa shape index (κ2) is 34.6. The molecule has 0 nitrogen and oxygen atoms in total. The van der Waals surface area contributed by atoms with E-state index >= 15 is 0 Å². The Morgan fingerprint density at radius 2 is 1.14 bits per heavy atom. The minimum atomic E-state index is -0.931. The maximum Gasteiger partial charge on any atom is 1.00 e. The summed E-state index contributed by atoms with van der Waals surface area (Å²) in [6, 6.07) is 0. The van der Waals surface area contributed by atoms with Crippen molar-refractivity contribution in [2.75, 3.05) is 0 Å². The van der Waals surface area contributed by atoms with E-state index in [0.717, 1.165) is 0 Å². The quantitative estimate of drug-likeness (QED) is 0.519. The van der Waals surface area contributed by atoms with E-state index in [2.05, 4.69) is 0 Å². The second-order valence-electron chi connectivity index (χ2n) is 0.101. The molecule has 0 aromatic rings. The summed E-state index contributed by atoms with van der Waals surface area (Å²) in [5.41, 5.74) is 0. The van der Waals surface area contributed by atoms with E-state index < -0.39 is 15.1 Å². The monoisotopic (exact) mass is 286 g/mol. The van der Waals surface area contributed by atoms with Crippen molar-refractivity contribution in [3.05, 3.63) is 0 Å². The third-order valence-electron chi connectivity index (χ3n) is 0. The molecule has 0 spiro atoms. The van der Waals surface area contributed by atoms with Crippen LogP contribution in [0.4, 0.5) is 0 Å². The van der Waals surface area contributed by atoms with E-state index in [1.807, 2.05) is 0 Å². The molecule has 0 N–H and O–H groups in total. The van der Waals surface area contributed by atoms with E-state index in [1.165, 1.54) is 0 Å². The van der Waals surface area contributed by atoms with Crippen LogP contribution < -0.4 is 29.6 Å². The van der Waals surface area contributed by atoms with E-state index in [4.69, 9.17) is 19.4 Å². The predicted octanol–water partition coefficient (Wildman–Crippen LogP) is -0.666. The molecule has 0 radical (unpaired) electrons. The standard InChI is InChI=1S/4ClH.Fe.Na.Zn.H/h4*1H;;;;/q;;;;;+1;+2;-1/p-2. The molecular formula is H3Cl4FeNaZn. The maximum absolute atomic E-state index is 4.95. The molecule has 0 heterocycles. The van der Waals surface area contributed by atoms with Crippen molar-refractivity contribution in [2.24, 2.45) is 0 Å². The summed E-state index contributed by atoms with van der Waals surface area (Å²) in [6.45, 7) is 0. The third-order valence-corrected chi connectivity index (χ3v) is 0. The van der Waals surface area contributed by atoms with Crippen molar-refractivity contribution < 1.29 is 63.2 Å². The van der Waals surface area contributed by atoms with Crippen LogP contribution in [0, 0.1) is 0 Å². The fraction of sp³-hybridized carbons (Fsp3) is 0. The van der Waals surface area contributed by atoms with E-state index in [9.17, 15) is 0 Å². The van der Waals surface area contributed by atoms with Crippen LogP contribution in [0.25, 0.3) is 0 Å². The number of hydrogen-bond acceptors (Lipinski definition) is 0. The SMILES string of the molecule is Cl.Cl.[Cl][Zn][Cl].[Fe].[H-].[Na+]. The Kier molecular flexibility index (Phi) is 157. The minimum absolute atomic E-state index is 0. The first-order valence-corrected chi connectivity index (χ1v) is 8.33. The third kappa shape index (κ3) is 45.5. The van der Waals surface area contributed by atoms with Gasteiger partial charge in [0.15, 0.2) is 0 Å². The fourth-order valence-corrected chi connectivity index (χ4v) is 0. The van der Waals surface area contributed by atoms with Gasteiger partial charge in [0, 0.05) is 17.1 Å². The van der Waals surface area contributed by atoms with Gasteiger partial charge in [-0.25, -0.2) is 0 Å². The molecule has 0 atom stereocenters. The summed E-state index contributed by atoms with van der Waals surface area (Å²) in [5, 5.41) is 0. The van der Waals surface area contributed by atoms with E-state index in [0.29, 0.717) is 0 Å². The Bertz CT molecular complexity index is 16.0. The molecule has 0 rings (SSSR count). The summed E-state index contributed by atoms with van der Waals surface area (Å²) in [7, 11) is 9.90. The first-order valence-electron chi connectivity index (χ1n) is 0.535. The van der Waals surface area contributed by atoms with Crippen LogP contribution in [0.2, 0.25) is 0 Å². The summed E-state index contributed by atoms with van der Waals surface area (Å²) >= 11 is -0.931. The van der Waals surface area contributed by atoms with Crippen molar-refractivity contribution in [1.29, 1.82) is 0 Å². The molecule has 0 aliphatic rings. The van der Waals surface area contributed by atoms with Crippen molar-refractivity contribution in [1.82, 2.24) is 0 Å². The summed E-state index contributed by atoms with van der Waals surface area (Å²) < 4.78 is 0. The normalized spacial score (nSPS) is 1.43. The summed E-state index contributed by atoms with van der Waals surface area (Å²) in [6.07, 6.45) is 0. The van der Waals surface area contributed by atoms with Crippen molar-refractivity contribution in [3.63, 3.8) is 0 Å². The van der Waals surface area contributed by atoms with Gasteiger partial charge in [0.2, 0.25) is 0 Å². The zero-order valence-electron chi connectivity index (χ0n) is 4.63. The zero-order chi connectivity index (χ0) is 2.71. The second-order valence-corrected chi connectivity index (χ2v) is 4.72. The molecule has 0 aromatic heterocycles. The average Bonchev–Trinajstić information content (AvgIpc) is 0.918. The van der Waals surface area contributed by atoms with Crippen molar-refractivity contribution in [3.8, 4) is 0 Å². The van der Waals surface area contributed by atoms with Gasteiger partial charge >= 0.3 is 64.1 Å². The van der Waals surface area contributed by atoms with Crippen LogP contribution in [0.1, 0.15) is 1.43 Å². The predicted molar refractivity (Wildman–Crippen MR) is 27.3 cm³/mol. The number of rotatable bonds is 0. The van der Waals surface area contributed by atoms with Gasteiger partial charge in [0.25, 0.3) is 0 Å². The van der Waals surface area contributed by atoms with E-state index in [-0.39, 0.29) is 72.9 Å². The van der Waals surface area contributed by atoms with Gasteiger partial charge in [-0.05, 0) is 0 Å². The Hall–Kier alpha value is 3.30. The summed E-state index contributed by atoms with van der Waals surface area (Å²) in [5.74, 6) is 0. The Morgan fingerprint density at radius 3 is 1.14 bits per heavy atom. The molecule has 0 unspecified atom stereocenters. The molecule has 0 aromatic carbocycles. The number of halogens is 4. The zero-order valence-corrected chi connectivity index (χ0v) is 12.8. The van der Waals surface area contributed by atoms with Crippen LogP contribution in [0.5, 0.6) is 0 Å². The van der Waals surface area contributed by atoms with Gasteiger partial charge in [-0.3, -0.25) is 0 Å². The van der Waals surface area contributed by atoms with Crippen LogP contribution in [0.15, 0.2) is 0 Å². The molecule has 0 bridgehead atoms. The molecule has 0 fully saturated rings. The average molecular weight is 289 g/mol. The first-order chi connectivity index (χ1) is 1.41. The summed E-state index contributed by atoms with van der Waals surface area (Å²) in [4.78, 5) is 0. The van der Waals surface area contributed by atoms with Crippen molar-refractivity contribution in [2.45, 2.75) is 0 Å². The smallest absolute Gasteiger partial charge is 1.00 e. The molecular weight excluding hydrogens is 286 g/mol. The first kappa shape index (κ1) is 31.7. The van der Waals surface area contributed by atoms with E-state index in [1.54, 1.807) is 0 Å². The van der Waals surface area contributed by atoms with Crippen LogP contribution >= 0.6 is 44.2 Å². The maximum atomic E-state index is 4.95. The molecule has 0 aliphatic carbocycles. The molecule has 42 valence electrons. The van der Waals surface area contributed by atoms with Crippen molar-refractivity contribution >= 4 is 44.2 Å². The minimum Gasteiger partial charge on any atom is -1.00 e. The van der Waals surface area contributed by atoms with Gasteiger partial charge in [0.05, 0.1) is 0 Å². The molecule has 7 heavy (non-hydrogen) atoms. The Balaban J connectivity index is -0.00000000200. The van der Waals surface area contributed by atoms with Crippen LogP contribution in [0.3, 0.4) is 0 Å². The molecule has 0 saturated heterocycles. The van der Waals surface area contributed by atoms with Gasteiger partial charge in [-0.1, -0.05) is 0 Å². The van der Waals surface area contributed by atoms with Gasteiger partial charge < -0.3 is 1.43 Å². The van der Waals surface area contributed by atoms with Gasteiger partial charge in [0.1, 0.15) is 0 Å². The van der Waals surface area contributed by atoms with Gasteiger partial charge in [-0.15, -0.1) is 24.8 Å². The molecule has 0 aliphatic heterocycles. The molecule has 0 amide bonds. The largest absolute Gasteiger partial charge is 1.00 e. The Morgan fingerprint density at radius 1 is 1.14 bits per heavy atom. The molecule has 7 heteroatoms.